The van der Waals surface area contributed by atoms with Crippen molar-refractivity contribution in [2.75, 3.05) is 25.0 Å². The van der Waals surface area contributed by atoms with E-state index in [-0.39, 0.29) is 28.0 Å². The molecule has 3 aliphatic rings. The number of aromatic nitrogens is 1. The fraction of sp³-hybridized carbons (Fsp3) is 0.524. The van der Waals surface area contributed by atoms with Gasteiger partial charge in [-0.2, -0.15) is 0 Å². The summed E-state index contributed by atoms with van der Waals surface area (Å²) in [5.74, 6) is -2.67. The van der Waals surface area contributed by atoms with Crippen LogP contribution < -0.4 is 15.6 Å². The van der Waals surface area contributed by atoms with Crippen molar-refractivity contribution in [1.82, 2.24) is 9.88 Å². The van der Waals surface area contributed by atoms with Gasteiger partial charge < -0.3 is 19.9 Å². The normalized spacial score (nSPS) is 28.5. The third-order valence-electron chi connectivity index (χ3n) is 7.08. The Morgan fingerprint density at radius 3 is 2.69 bits per heavy atom. The van der Waals surface area contributed by atoms with Gasteiger partial charge in [-0.15, -0.1) is 0 Å². The van der Waals surface area contributed by atoms with E-state index in [9.17, 15) is 14.7 Å². The zero-order valence-electron chi connectivity index (χ0n) is 16.3. The van der Waals surface area contributed by atoms with Crippen LogP contribution in [0.15, 0.2) is 17.1 Å². The summed E-state index contributed by atoms with van der Waals surface area (Å²) in [5.41, 5.74) is -1.41. The lowest BCUT2D eigenvalue weighted by Gasteiger charge is -2.48. The van der Waals surface area contributed by atoms with E-state index in [1.807, 2.05) is 7.05 Å². The van der Waals surface area contributed by atoms with E-state index in [4.69, 9.17) is 0 Å². The monoisotopic (exact) mass is 403 g/mol. The Hall–Kier alpha value is -2.48. The standard InChI is InChI=1S/C21H23F2N3O3/c1-21-6-15(24-2)13(21)8-25(9-21)18-14(22)5-11-17(16(18)23)26(10-3-4-10)7-12(19(11)27)20(28)29/h5,7,10,13,15,24H,3-4,6,8-9H2,1-2H3,(H,28,29)/t13-,15-,21-/m0/s1. The second-order valence-corrected chi connectivity index (χ2v) is 8.97. The van der Waals surface area contributed by atoms with Crippen molar-refractivity contribution in [3.8, 4) is 0 Å². The molecule has 1 aromatic heterocycles. The van der Waals surface area contributed by atoms with Gasteiger partial charge in [-0.1, -0.05) is 6.92 Å². The summed E-state index contributed by atoms with van der Waals surface area (Å²) < 4.78 is 32.3. The zero-order valence-corrected chi connectivity index (χ0v) is 16.3. The number of fused-ring (bicyclic) bond motifs is 2. The van der Waals surface area contributed by atoms with Crippen LogP contribution >= 0.6 is 0 Å². The molecule has 2 aromatic rings. The van der Waals surface area contributed by atoms with Gasteiger partial charge in [0, 0.05) is 31.4 Å². The molecule has 0 spiro atoms. The highest BCUT2D eigenvalue weighted by molar-refractivity contribution is 5.94. The van der Waals surface area contributed by atoms with Crippen LogP contribution in [0.1, 0.15) is 42.6 Å². The molecule has 0 amide bonds. The lowest BCUT2D eigenvalue weighted by Crippen LogP contribution is -2.54. The molecule has 2 saturated carbocycles. The molecule has 1 aromatic carbocycles. The summed E-state index contributed by atoms with van der Waals surface area (Å²) in [6.07, 6.45) is 3.71. The van der Waals surface area contributed by atoms with Gasteiger partial charge in [-0.25, -0.2) is 13.6 Å². The molecule has 2 aliphatic carbocycles. The van der Waals surface area contributed by atoms with Gasteiger partial charge in [0.25, 0.3) is 0 Å². The van der Waals surface area contributed by atoms with Crippen molar-refractivity contribution in [2.24, 2.45) is 11.3 Å². The van der Waals surface area contributed by atoms with Gasteiger partial charge in [-0.3, -0.25) is 4.79 Å². The van der Waals surface area contributed by atoms with Crippen molar-refractivity contribution < 1.29 is 18.7 Å². The smallest absolute Gasteiger partial charge is 0.341 e. The van der Waals surface area contributed by atoms with Crippen LogP contribution in [0, 0.1) is 23.0 Å². The van der Waals surface area contributed by atoms with E-state index in [2.05, 4.69) is 12.2 Å². The number of benzene rings is 1. The Balaban J connectivity index is 1.69. The molecule has 0 bridgehead atoms. The minimum atomic E-state index is -1.39. The lowest BCUT2D eigenvalue weighted by atomic mass is 9.60. The van der Waals surface area contributed by atoms with Crippen LogP contribution in [0.25, 0.3) is 10.9 Å². The summed E-state index contributed by atoms with van der Waals surface area (Å²) in [7, 11) is 1.90. The molecule has 0 unspecified atom stereocenters. The van der Waals surface area contributed by atoms with Crippen LogP contribution in [-0.2, 0) is 0 Å². The molecule has 29 heavy (non-hydrogen) atoms. The number of hydrogen-bond donors (Lipinski definition) is 2. The van der Waals surface area contributed by atoms with Gasteiger partial charge in [0.15, 0.2) is 5.82 Å². The molecule has 6 nitrogen and oxygen atoms in total. The van der Waals surface area contributed by atoms with E-state index in [0.29, 0.717) is 25.0 Å². The van der Waals surface area contributed by atoms with E-state index in [0.717, 1.165) is 25.3 Å². The summed E-state index contributed by atoms with van der Waals surface area (Å²) in [5, 5.41) is 12.4. The molecule has 5 rings (SSSR count). The maximum absolute atomic E-state index is 15.7. The van der Waals surface area contributed by atoms with Crippen LogP contribution in [0.2, 0.25) is 0 Å². The Bertz CT molecular complexity index is 1110. The average Bonchev–Trinajstić information content (AvgIpc) is 3.45. The van der Waals surface area contributed by atoms with Crippen LogP contribution in [0.4, 0.5) is 14.5 Å². The summed E-state index contributed by atoms with van der Waals surface area (Å²) in [4.78, 5) is 25.8. The number of carboxylic acids is 1. The molecule has 0 radical (unpaired) electrons. The van der Waals surface area contributed by atoms with Gasteiger partial charge >= 0.3 is 5.97 Å². The van der Waals surface area contributed by atoms with Crippen LogP contribution in [-0.4, -0.2) is 41.8 Å². The Morgan fingerprint density at radius 1 is 1.34 bits per heavy atom. The summed E-state index contributed by atoms with van der Waals surface area (Å²) in [6, 6.07) is 1.28. The molecule has 154 valence electrons. The maximum atomic E-state index is 15.7. The topological polar surface area (TPSA) is 74.6 Å². The SMILES string of the molecule is CN[C@H]1C[C@@]2(C)CN(c3c(F)cc4c(=O)c(C(=O)O)cn(C5CC5)c4c3F)C[C@@H]12. The second kappa shape index (κ2) is 6.01. The number of rotatable bonds is 4. The lowest BCUT2D eigenvalue weighted by molar-refractivity contribution is 0.0577. The van der Waals surface area contributed by atoms with Crippen molar-refractivity contribution in [3.05, 3.63) is 39.7 Å². The van der Waals surface area contributed by atoms with Gasteiger partial charge in [0.2, 0.25) is 5.43 Å². The molecule has 1 saturated heterocycles. The van der Waals surface area contributed by atoms with E-state index in [1.165, 1.54) is 10.8 Å². The number of pyridine rings is 1. The Labute approximate surface area is 166 Å². The van der Waals surface area contributed by atoms with Crippen molar-refractivity contribution in [2.45, 2.75) is 38.3 Å². The fourth-order valence-electron chi connectivity index (χ4n) is 5.38. The van der Waals surface area contributed by atoms with Gasteiger partial charge in [0.1, 0.15) is 17.1 Å². The highest BCUT2D eigenvalue weighted by Gasteiger charge is 2.56. The molecule has 3 fully saturated rings. The predicted octanol–water partition coefficient (Wildman–Crippen LogP) is 2.75. The molecule has 1 aliphatic heterocycles. The summed E-state index contributed by atoms with van der Waals surface area (Å²) >= 11 is 0. The molecular formula is C21H23F2N3O3. The number of nitrogens with zero attached hydrogens (tertiary/aromatic N) is 2. The third kappa shape index (κ3) is 2.54. The number of aromatic carboxylic acids is 1. The van der Waals surface area contributed by atoms with E-state index in [1.54, 1.807) is 4.90 Å². The molecule has 2 heterocycles. The number of carboxylic acid groups (broad SMARTS) is 1. The first kappa shape index (κ1) is 18.5. The maximum Gasteiger partial charge on any atom is 0.341 e. The first-order valence-electron chi connectivity index (χ1n) is 9.97. The largest absolute Gasteiger partial charge is 0.477 e. The molecular weight excluding hydrogens is 380 g/mol. The first-order chi connectivity index (χ1) is 13.7. The number of nitrogens with one attached hydrogen (secondary N) is 1. The minimum Gasteiger partial charge on any atom is -0.477 e. The number of hydrogen-bond acceptors (Lipinski definition) is 4. The van der Waals surface area contributed by atoms with Crippen molar-refractivity contribution in [3.63, 3.8) is 0 Å². The first-order valence-corrected chi connectivity index (χ1v) is 9.97. The Kier molecular flexibility index (Phi) is 3.84. The van der Waals surface area contributed by atoms with Crippen LogP contribution in [0.3, 0.4) is 0 Å². The van der Waals surface area contributed by atoms with Crippen LogP contribution in [0.5, 0.6) is 0 Å². The Morgan fingerprint density at radius 2 is 2.07 bits per heavy atom. The second-order valence-electron chi connectivity index (χ2n) is 8.97. The predicted molar refractivity (Wildman–Crippen MR) is 105 cm³/mol. The van der Waals surface area contributed by atoms with Gasteiger partial charge in [0.05, 0.1) is 10.9 Å². The number of anilines is 1. The molecule has 3 atom stereocenters. The van der Waals surface area contributed by atoms with Gasteiger partial charge in [-0.05, 0) is 43.7 Å². The number of carbonyl (C=O) groups is 1. The summed E-state index contributed by atoms with van der Waals surface area (Å²) in [6.45, 7) is 3.24. The quantitative estimate of drug-likeness (QED) is 0.821. The zero-order chi connectivity index (χ0) is 20.7. The highest BCUT2D eigenvalue weighted by atomic mass is 19.1. The highest BCUT2D eigenvalue weighted by Crippen LogP contribution is 2.53. The van der Waals surface area contributed by atoms with E-state index < -0.39 is 28.6 Å². The molecule has 8 heteroatoms. The fourth-order valence-corrected chi connectivity index (χ4v) is 5.38. The number of halogens is 2. The minimum absolute atomic E-state index is 0.00480. The third-order valence-corrected chi connectivity index (χ3v) is 7.08. The van der Waals surface area contributed by atoms with Crippen molar-refractivity contribution >= 4 is 22.6 Å². The molecule has 2 N–H and O–H groups in total. The van der Waals surface area contributed by atoms with E-state index >= 15 is 8.78 Å². The average molecular weight is 403 g/mol. The van der Waals surface area contributed by atoms with Crippen molar-refractivity contribution in [1.29, 1.82) is 0 Å².